The van der Waals surface area contributed by atoms with E-state index in [1.165, 1.54) is 12.1 Å². The third-order valence-electron chi connectivity index (χ3n) is 6.11. The zero-order chi connectivity index (χ0) is 21.1. The Morgan fingerprint density at radius 1 is 1.13 bits per heavy atom. The Kier molecular flexibility index (Phi) is 8.15. The van der Waals surface area contributed by atoms with Gasteiger partial charge in [0, 0.05) is 57.3 Å². The van der Waals surface area contributed by atoms with Crippen molar-refractivity contribution in [3.63, 3.8) is 0 Å². The van der Waals surface area contributed by atoms with E-state index in [4.69, 9.17) is 4.42 Å². The minimum atomic E-state index is -0.261. The summed E-state index contributed by atoms with van der Waals surface area (Å²) in [6.07, 6.45) is 2.25. The molecule has 170 valence electrons. The molecule has 0 saturated carbocycles. The lowest BCUT2D eigenvalue weighted by Crippen LogP contribution is -2.54. The Balaban J connectivity index is 0.00000272. The normalized spacial score (nSPS) is 17.8. The van der Waals surface area contributed by atoms with Crippen molar-refractivity contribution in [2.45, 2.75) is 26.3 Å². The fourth-order valence-corrected chi connectivity index (χ4v) is 4.28. The molecule has 3 heterocycles. The molecule has 2 aliphatic rings. The molecule has 1 amide bonds. The molecule has 2 fully saturated rings. The van der Waals surface area contributed by atoms with Gasteiger partial charge in [-0.2, -0.15) is 0 Å². The van der Waals surface area contributed by atoms with Gasteiger partial charge in [-0.15, -0.1) is 24.0 Å². The number of rotatable bonds is 4. The molecule has 9 heteroatoms. The minimum Gasteiger partial charge on any atom is -0.459 e. The standard InChI is InChI=1S/C22H30FN5O2.HI/c1-16-18-13-17(23)5-6-19(18)30-20(16)14-25-22(24-2)28-11-9-26(10-12-28)15-21(29)27-7-3-4-8-27;/h5-6,13H,3-4,7-12,14-15H2,1-2H3,(H,24,25);1H. The van der Waals surface area contributed by atoms with Gasteiger partial charge in [0.05, 0.1) is 13.1 Å². The summed E-state index contributed by atoms with van der Waals surface area (Å²) in [7, 11) is 1.77. The van der Waals surface area contributed by atoms with Gasteiger partial charge in [-0.1, -0.05) is 0 Å². The number of carbonyl (C=O) groups is 1. The molecule has 2 saturated heterocycles. The lowest BCUT2D eigenvalue weighted by Gasteiger charge is -2.36. The summed E-state index contributed by atoms with van der Waals surface area (Å²) in [5.74, 6) is 1.58. The number of amides is 1. The van der Waals surface area contributed by atoms with E-state index in [2.05, 4.69) is 20.1 Å². The van der Waals surface area contributed by atoms with Crippen LogP contribution in [0.25, 0.3) is 11.0 Å². The van der Waals surface area contributed by atoms with Crippen LogP contribution in [0.5, 0.6) is 0 Å². The van der Waals surface area contributed by atoms with Gasteiger partial charge in [0.25, 0.3) is 0 Å². The fraction of sp³-hybridized carbons (Fsp3) is 0.545. The Morgan fingerprint density at radius 3 is 2.52 bits per heavy atom. The Labute approximate surface area is 199 Å². The number of likely N-dealkylation sites (tertiary alicyclic amines) is 1. The minimum absolute atomic E-state index is 0. The monoisotopic (exact) mass is 543 g/mol. The van der Waals surface area contributed by atoms with Crippen molar-refractivity contribution in [1.29, 1.82) is 0 Å². The molecular weight excluding hydrogens is 512 g/mol. The average molecular weight is 543 g/mol. The van der Waals surface area contributed by atoms with Crippen LogP contribution in [-0.4, -0.2) is 79.4 Å². The highest BCUT2D eigenvalue weighted by atomic mass is 127. The quantitative estimate of drug-likeness (QED) is 0.365. The number of halogens is 2. The molecule has 2 aromatic rings. The van der Waals surface area contributed by atoms with Crippen LogP contribution in [0, 0.1) is 12.7 Å². The van der Waals surface area contributed by atoms with E-state index < -0.39 is 0 Å². The van der Waals surface area contributed by atoms with Crippen molar-refractivity contribution < 1.29 is 13.6 Å². The van der Waals surface area contributed by atoms with Crippen LogP contribution in [0.2, 0.25) is 0 Å². The first-order valence-corrected chi connectivity index (χ1v) is 10.7. The second kappa shape index (κ2) is 10.6. The topological polar surface area (TPSA) is 64.3 Å². The van der Waals surface area contributed by atoms with E-state index in [0.717, 1.165) is 74.8 Å². The van der Waals surface area contributed by atoms with Crippen LogP contribution in [0.3, 0.4) is 0 Å². The number of furan rings is 1. The molecule has 1 N–H and O–H groups in total. The van der Waals surface area contributed by atoms with E-state index >= 15 is 0 Å². The maximum atomic E-state index is 13.5. The van der Waals surface area contributed by atoms with Crippen LogP contribution in [0.1, 0.15) is 24.2 Å². The fourth-order valence-electron chi connectivity index (χ4n) is 4.28. The van der Waals surface area contributed by atoms with Gasteiger partial charge in [-0.25, -0.2) is 4.39 Å². The van der Waals surface area contributed by atoms with E-state index in [1.807, 2.05) is 11.8 Å². The van der Waals surface area contributed by atoms with Crippen LogP contribution >= 0.6 is 24.0 Å². The van der Waals surface area contributed by atoms with Gasteiger partial charge in [0.2, 0.25) is 5.91 Å². The zero-order valence-electron chi connectivity index (χ0n) is 18.2. The molecule has 4 rings (SSSR count). The molecule has 2 aliphatic heterocycles. The van der Waals surface area contributed by atoms with E-state index in [1.54, 1.807) is 13.1 Å². The number of hydrogen-bond acceptors (Lipinski definition) is 4. The smallest absolute Gasteiger partial charge is 0.236 e. The Hall–Kier alpha value is -1.88. The largest absolute Gasteiger partial charge is 0.459 e. The first-order valence-electron chi connectivity index (χ1n) is 10.7. The first-order chi connectivity index (χ1) is 14.5. The number of aryl methyl sites for hydroxylation is 1. The lowest BCUT2D eigenvalue weighted by molar-refractivity contribution is -0.131. The summed E-state index contributed by atoms with van der Waals surface area (Å²) in [6.45, 7) is 8.06. The maximum absolute atomic E-state index is 13.5. The molecule has 7 nitrogen and oxygen atoms in total. The summed E-state index contributed by atoms with van der Waals surface area (Å²) < 4.78 is 19.4. The van der Waals surface area contributed by atoms with Gasteiger partial charge < -0.3 is 19.5 Å². The number of piperazine rings is 1. The highest BCUT2D eigenvalue weighted by molar-refractivity contribution is 14.0. The van der Waals surface area contributed by atoms with Crippen molar-refractivity contribution in [3.05, 3.63) is 35.3 Å². The molecular formula is C22H31FIN5O2. The molecule has 0 atom stereocenters. The number of hydrogen-bond donors (Lipinski definition) is 1. The third-order valence-corrected chi connectivity index (χ3v) is 6.11. The first kappa shape index (κ1) is 23.8. The molecule has 0 aliphatic carbocycles. The summed E-state index contributed by atoms with van der Waals surface area (Å²) >= 11 is 0. The van der Waals surface area contributed by atoms with Gasteiger partial charge >= 0.3 is 0 Å². The number of guanidine groups is 1. The Morgan fingerprint density at radius 2 is 1.84 bits per heavy atom. The highest BCUT2D eigenvalue weighted by Gasteiger charge is 2.24. The van der Waals surface area contributed by atoms with E-state index in [0.29, 0.717) is 18.7 Å². The van der Waals surface area contributed by atoms with Crippen molar-refractivity contribution in [2.24, 2.45) is 4.99 Å². The summed E-state index contributed by atoms with van der Waals surface area (Å²) in [5.41, 5.74) is 1.63. The second-order valence-corrected chi connectivity index (χ2v) is 8.04. The van der Waals surface area contributed by atoms with Gasteiger partial charge in [-0.05, 0) is 38.0 Å². The number of nitrogens with one attached hydrogen (secondary N) is 1. The van der Waals surface area contributed by atoms with E-state index in [9.17, 15) is 9.18 Å². The molecule has 0 spiro atoms. The van der Waals surface area contributed by atoms with Crippen molar-refractivity contribution >= 4 is 46.8 Å². The van der Waals surface area contributed by atoms with Crippen LogP contribution in [0.4, 0.5) is 4.39 Å². The number of carbonyl (C=O) groups excluding carboxylic acids is 1. The van der Waals surface area contributed by atoms with Crippen LogP contribution < -0.4 is 5.32 Å². The van der Waals surface area contributed by atoms with Gasteiger partial charge in [0.1, 0.15) is 17.2 Å². The van der Waals surface area contributed by atoms with Crippen molar-refractivity contribution in [1.82, 2.24) is 20.0 Å². The number of benzene rings is 1. The predicted octanol–water partition coefficient (Wildman–Crippen LogP) is 2.81. The molecule has 1 aromatic carbocycles. The molecule has 1 aromatic heterocycles. The van der Waals surface area contributed by atoms with Crippen molar-refractivity contribution in [3.8, 4) is 0 Å². The lowest BCUT2D eigenvalue weighted by atomic mass is 10.1. The third kappa shape index (κ3) is 5.49. The molecule has 0 unspecified atom stereocenters. The number of aliphatic imine (C=N–C) groups is 1. The maximum Gasteiger partial charge on any atom is 0.236 e. The SMILES string of the molecule is CN=C(NCc1oc2ccc(F)cc2c1C)N1CCN(CC(=O)N2CCCC2)CC1.I. The van der Waals surface area contributed by atoms with Crippen molar-refractivity contribution in [2.75, 3.05) is 52.9 Å². The molecule has 0 bridgehead atoms. The number of nitrogens with zero attached hydrogens (tertiary/aromatic N) is 4. The summed E-state index contributed by atoms with van der Waals surface area (Å²) in [4.78, 5) is 23.2. The average Bonchev–Trinajstić information content (AvgIpc) is 3.39. The highest BCUT2D eigenvalue weighted by Crippen LogP contribution is 2.26. The second-order valence-electron chi connectivity index (χ2n) is 8.04. The zero-order valence-corrected chi connectivity index (χ0v) is 20.5. The van der Waals surface area contributed by atoms with Gasteiger partial charge in [0.15, 0.2) is 5.96 Å². The summed E-state index contributed by atoms with van der Waals surface area (Å²) in [6, 6.07) is 4.59. The van der Waals surface area contributed by atoms with Gasteiger partial charge in [-0.3, -0.25) is 14.7 Å². The van der Waals surface area contributed by atoms with Crippen LogP contribution in [0.15, 0.2) is 27.6 Å². The van der Waals surface area contributed by atoms with Crippen LogP contribution in [-0.2, 0) is 11.3 Å². The summed E-state index contributed by atoms with van der Waals surface area (Å²) in [5, 5.41) is 4.17. The number of fused-ring (bicyclic) bond motifs is 1. The Bertz CT molecular complexity index is 933. The predicted molar refractivity (Wildman–Crippen MR) is 130 cm³/mol. The molecule has 0 radical (unpaired) electrons. The molecule has 31 heavy (non-hydrogen) atoms. The van der Waals surface area contributed by atoms with E-state index in [-0.39, 0.29) is 35.7 Å².